The maximum Gasteiger partial charge on any atom is 0.328 e. The van der Waals surface area contributed by atoms with E-state index in [0.717, 1.165) is 0 Å². The molecule has 58 heavy (non-hydrogen) atoms. The molecule has 4 aromatic heterocycles. The van der Waals surface area contributed by atoms with E-state index in [-0.39, 0.29) is 20.9 Å². The minimum Gasteiger partial charge on any atom is -0.478 e. The Kier molecular flexibility index (Phi) is 15.0. The number of nitrogens with zero attached hydrogens (tertiary/aromatic N) is 2. The zero-order chi connectivity index (χ0) is 42.3. The van der Waals surface area contributed by atoms with Crippen molar-refractivity contribution in [2.45, 2.75) is 20.5 Å². The summed E-state index contributed by atoms with van der Waals surface area (Å²) in [6.45, 7) is 0. The molecule has 4 heterocycles. The van der Waals surface area contributed by atoms with E-state index in [0.29, 0.717) is 47.5 Å². The SMILES string of the molecule is O=C(O)/C=C/C(=O)O.O=CNC(c1c[nH]c(-c2ccccc2F)c1)S(=O)(=O)c1cccnc1.O=CNC(c1c[nH]c(-c2ccccc2F)c1)S(=O)(=O)c1cccnc1. The van der Waals surface area contributed by atoms with Crippen LogP contribution in [0.4, 0.5) is 8.78 Å². The molecule has 2 aromatic carbocycles. The van der Waals surface area contributed by atoms with Gasteiger partial charge in [0, 0.05) is 83.0 Å². The van der Waals surface area contributed by atoms with Gasteiger partial charge in [0.1, 0.15) is 11.6 Å². The molecule has 0 radical (unpaired) electrons. The minimum absolute atomic E-state index is 0.0250. The highest BCUT2D eigenvalue weighted by atomic mass is 32.2. The van der Waals surface area contributed by atoms with Crippen LogP contribution in [-0.4, -0.2) is 71.7 Å². The average molecular weight is 835 g/mol. The highest BCUT2D eigenvalue weighted by Gasteiger charge is 2.31. The van der Waals surface area contributed by atoms with E-state index in [1.807, 2.05) is 0 Å². The number of benzene rings is 2. The Hall–Kier alpha value is -7.32. The van der Waals surface area contributed by atoms with Gasteiger partial charge in [-0.1, -0.05) is 24.3 Å². The zero-order valence-corrected chi connectivity index (χ0v) is 31.3. The summed E-state index contributed by atoms with van der Waals surface area (Å²) in [5, 5.41) is 17.6. The predicted molar refractivity (Wildman–Crippen MR) is 204 cm³/mol. The second-order valence-corrected chi connectivity index (χ2v) is 15.5. The van der Waals surface area contributed by atoms with Crippen LogP contribution in [0.15, 0.2) is 144 Å². The summed E-state index contributed by atoms with van der Waals surface area (Å²) in [7, 11) is -7.83. The van der Waals surface area contributed by atoms with Crippen molar-refractivity contribution in [2.75, 3.05) is 0 Å². The van der Waals surface area contributed by atoms with Crippen molar-refractivity contribution in [3.8, 4) is 22.5 Å². The quantitative estimate of drug-likeness (QED) is 0.0651. The van der Waals surface area contributed by atoms with Crippen LogP contribution in [0.5, 0.6) is 0 Å². The molecule has 20 heteroatoms. The number of carboxylic acid groups (broad SMARTS) is 2. The maximum absolute atomic E-state index is 13.9. The van der Waals surface area contributed by atoms with Crippen molar-refractivity contribution in [1.29, 1.82) is 0 Å². The third-order valence-electron chi connectivity index (χ3n) is 7.70. The third kappa shape index (κ3) is 11.1. The highest BCUT2D eigenvalue weighted by molar-refractivity contribution is 7.92. The number of carbonyl (C=O) groups excluding carboxylic acids is 2. The smallest absolute Gasteiger partial charge is 0.328 e. The largest absolute Gasteiger partial charge is 0.478 e. The standard InChI is InChI=1S/2C17H14FN3O3S.C4H4O4/c2*18-15-6-2-1-5-14(15)16-8-12(9-20-16)17(21-11-22)25(23,24)13-4-3-7-19-10-13;5-3(6)1-2-4(7)8/h2*1-11,17,20H,(H,21,22);1-2H,(H,5,6)(H,7,8)/b;;2-1+. The number of pyridine rings is 2. The fraction of sp³-hybridized carbons (Fsp3) is 0.0526. The molecule has 6 aromatic rings. The lowest BCUT2D eigenvalue weighted by molar-refractivity contribution is -0.134. The number of H-pyrrole nitrogens is 2. The molecule has 2 amide bonds. The average Bonchev–Trinajstić information content (AvgIpc) is 3.90. The van der Waals surface area contributed by atoms with Crippen LogP contribution < -0.4 is 10.6 Å². The van der Waals surface area contributed by atoms with Crippen molar-refractivity contribution in [1.82, 2.24) is 30.6 Å². The van der Waals surface area contributed by atoms with Gasteiger partial charge in [0.25, 0.3) is 0 Å². The molecule has 300 valence electrons. The molecular formula is C38H32F2N6O10S2. The van der Waals surface area contributed by atoms with E-state index in [1.165, 1.54) is 85.7 Å². The monoisotopic (exact) mass is 834 g/mol. The highest BCUT2D eigenvalue weighted by Crippen LogP contribution is 2.31. The molecule has 0 fully saturated rings. The van der Waals surface area contributed by atoms with Gasteiger partial charge in [-0.05, 0) is 60.7 Å². The van der Waals surface area contributed by atoms with Crippen LogP contribution in [-0.2, 0) is 38.9 Å². The Labute approximate surface area is 329 Å². The molecule has 0 aliphatic heterocycles. The molecular weight excluding hydrogens is 803 g/mol. The zero-order valence-electron chi connectivity index (χ0n) is 29.6. The summed E-state index contributed by atoms with van der Waals surface area (Å²) in [6.07, 6.45) is 9.92. The number of aromatic amines is 2. The Morgan fingerprint density at radius 1 is 0.621 bits per heavy atom. The fourth-order valence-corrected chi connectivity index (χ4v) is 8.05. The van der Waals surface area contributed by atoms with E-state index in [4.69, 9.17) is 10.2 Å². The van der Waals surface area contributed by atoms with E-state index in [2.05, 4.69) is 30.6 Å². The fourth-order valence-electron chi connectivity index (χ4n) is 5.09. The maximum atomic E-state index is 13.9. The number of aliphatic carboxylic acids is 2. The van der Waals surface area contributed by atoms with Gasteiger partial charge in [0.15, 0.2) is 10.7 Å². The van der Waals surface area contributed by atoms with Gasteiger partial charge >= 0.3 is 11.9 Å². The summed E-state index contributed by atoms with van der Waals surface area (Å²) >= 11 is 0. The summed E-state index contributed by atoms with van der Waals surface area (Å²) in [4.78, 5) is 54.2. The number of nitrogens with one attached hydrogen (secondary N) is 4. The Bertz CT molecular complexity index is 2420. The first kappa shape index (κ1) is 43.4. The Morgan fingerprint density at radius 2 is 1.00 bits per heavy atom. The van der Waals surface area contributed by atoms with Crippen molar-refractivity contribution in [3.05, 3.63) is 157 Å². The molecule has 0 saturated heterocycles. The number of halogens is 2. The molecule has 6 N–H and O–H groups in total. The first-order chi connectivity index (χ1) is 27.7. The van der Waals surface area contributed by atoms with E-state index in [1.54, 1.807) is 36.4 Å². The summed E-state index contributed by atoms with van der Waals surface area (Å²) in [5.74, 6) is -3.39. The van der Waals surface area contributed by atoms with Crippen LogP contribution in [0.2, 0.25) is 0 Å². The second-order valence-electron chi connectivity index (χ2n) is 11.5. The molecule has 0 saturated carbocycles. The topological polar surface area (TPSA) is 258 Å². The number of sulfone groups is 2. The number of carbonyl (C=O) groups is 4. The van der Waals surface area contributed by atoms with Gasteiger partial charge in [-0.3, -0.25) is 19.6 Å². The van der Waals surface area contributed by atoms with Crippen LogP contribution in [0.1, 0.15) is 21.9 Å². The second kappa shape index (κ2) is 20.0. The predicted octanol–water partition coefficient (Wildman–Crippen LogP) is 4.58. The van der Waals surface area contributed by atoms with Crippen LogP contribution in [0, 0.1) is 11.6 Å². The molecule has 0 aliphatic carbocycles. The normalized spacial score (nSPS) is 12.1. The van der Waals surface area contributed by atoms with E-state index < -0.39 is 54.0 Å². The van der Waals surface area contributed by atoms with Crippen LogP contribution >= 0.6 is 0 Å². The molecule has 2 unspecified atom stereocenters. The van der Waals surface area contributed by atoms with Crippen molar-refractivity contribution < 1.29 is 55.0 Å². The van der Waals surface area contributed by atoms with Gasteiger partial charge in [-0.25, -0.2) is 35.2 Å². The van der Waals surface area contributed by atoms with Gasteiger partial charge in [0.2, 0.25) is 32.5 Å². The number of carboxylic acids is 2. The number of rotatable bonds is 14. The van der Waals surface area contributed by atoms with Crippen molar-refractivity contribution in [2.24, 2.45) is 0 Å². The number of hydrogen-bond donors (Lipinski definition) is 6. The summed E-state index contributed by atoms with van der Waals surface area (Å²) in [5.41, 5.74) is 2.00. The molecule has 16 nitrogen and oxygen atoms in total. The number of amides is 2. The van der Waals surface area contributed by atoms with Crippen molar-refractivity contribution >= 4 is 44.4 Å². The number of aromatic nitrogens is 4. The lowest BCUT2D eigenvalue weighted by Crippen LogP contribution is -2.27. The van der Waals surface area contributed by atoms with Gasteiger partial charge in [-0.15, -0.1) is 0 Å². The molecule has 0 aliphatic rings. The number of hydrogen-bond acceptors (Lipinski definition) is 10. The first-order valence-corrected chi connectivity index (χ1v) is 19.5. The molecule has 0 spiro atoms. The Balaban J connectivity index is 0.000000217. The van der Waals surface area contributed by atoms with Gasteiger partial charge in [-0.2, -0.15) is 0 Å². The lowest BCUT2D eigenvalue weighted by Gasteiger charge is -2.15. The van der Waals surface area contributed by atoms with Crippen LogP contribution in [0.3, 0.4) is 0 Å². The van der Waals surface area contributed by atoms with Crippen LogP contribution in [0.25, 0.3) is 22.5 Å². The lowest BCUT2D eigenvalue weighted by atomic mass is 10.1. The Morgan fingerprint density at radius 3 is 1.31 bits per heavy atom. The minimum atomic E-state index is -3.91. The summed E-state index contributed by atoms with van der Waals surface area (Å²) < 4.78 is 79.0. The van der Waals surface area contributed by atoms with E-state index in [9.17, 15) is 44.8 Å². The van der Waals surface area contributed by atoms with Crippen molar-refractivity contribution in [3.63, 3.8) is 0 Å². The summed E-state index contributed by atoms with van der Waals surface area (Å²) in [6, 6.07) is 21.0. The third-order valence-corrected chi connectivity index (χ3v) is 11.6. The van der Waals surface area contributed by atoms with E-state index >= 15 is 0 Å². The first-order valence-electron chi connectivity index (χ1n) is 16.4. The molecule has 0 bridgehead atoms. The van der Waals surface area contributed by atoms with Gasteiger partial charge < -0.3 is 30.8 Å². The molecule has 6 rings (SSSR count). The van der Waals surface area contributed by atoms with Gasteiger partial charge in [0.05, 0.1) is 9.79 Å². The molecule has 2 atom stereocenters.